The van der Waals surface area contributed by atoms with Crippen LogP contribution in [0.2, 0.25) is 0 Å². The van der Waals surface area contributed by atoms with E-state index in [9.17, 15) is 4.79 Å². The number of hydrogen-bond acceptors (Lipinski definition) is 7. The summed E-state index contributed by atoms with van der Waals surface area (Å²) in [5.74, 6) is 1.41. The fourth-order valence-electron chi connectivity index (χ4n) is 3.55. The van der Waals surface area contributed by atoms with Gasteiger partial charge in [-0.25, -0.2) is 0 Å². The SMILES string of the molecule is COc1cc(CNCCCN2CCCC2=O)ccc1Oc1nnnn1-c1ccccc1.Cl.Cl. The first-order valence-electron chi connectivity index (χ1n) is 10.4. The van der Waals surface area contributed by atoms with Gasteiger partial charge in [0, 0.05) is 26.1 Å². The van der Waals surface area contributed by atoms with Crippen molar-refractivity contribution in [3.05, 3.63) is 54.1 Å². The average molecular weight is 495 g/mol. The number of likely N-dealkylation sites (tertiary alicyclic amines) is 1. The molecule has 2 aromatic carbocycles. The van der Waals surface area contributed by atoms with Crippen LogP contribution in [0.15, 0.2) is 48.5 Å². The Bertz CT molecular complexity index is 1020. The van der Waals surface area contributed by atoms with Crippen molar-refractivity contribution < 1.29 is 14.3 Å². The normalized spacial score (nSPS) is 12.8. The van der Waals surface area contributed by atoms with Crippen LogP contribution >= 0.6 is 24.8 Å². The Kier molecular flexibility index (Phi) is 10.4. The van der Waals surface area contributed by atoms with Crippen LogP contribution in [-0.2, 0) is 11.3 Å². The highest BCUT2D eigenvalue weighted by atomic mass is 35.5. The third-order valence-corrected chi connectivity index (χ3v) is 5.15. The second-order valence-corrected chi connectivity index (χ2v) is 7.31. The van der Waals surface area contributed by atoms with Gasteiger partial charge < -0.3 is 19.7 Å². The van der Waals surface area contributed by atoms with E-state index in [4.69, 9.17) is 9.47 Å². The third kappa shape index (κ3) is 6.80. The molecule has 1 N–H and O–H groups in total. The summed E-state index contributed by atoms with van der Waals surface area (Å²) in [6.07, 6.45) is 2.61. The molecule has 2 heterocycles. The second-order valence-electron chi connectivity index (χ2n) is 7.31. The molecule has 0 spiro atoms. The molecule has 0 radical (unpaired) electrons. The highest BCUT2D eigenvalue weighted by Crippen LogP contribution is 2.32. The standard InChI is InChI=1S/C22H26N6O3.2ClH/c1-30-20-15-17(16-23-12-6-14-27-13-5-9-21(27)29)10-11-19(20)31-22-24-25-26-28(22)18-7-3-2-4-8-18;;/h2-4,7-8,10-11,15,23H,5-6,9,12-14,16H2,1H3;2*1H. The summed E-state index contributed by atoms with van der Waals surface area (Å²) in [6, 6.07) is 15.6. The number of nitrogens with one attached hydrogen (secondary N) is 1. The molecule has 1 fully saturated rings. The van der Waals surface area contributed by atoms with Gasteiger partial charge in [0.1, 0.15) is 0 Å². The summed E-state index contributed by atoms with van der Waals surface area (Å²) >= 11 is 0. The van der Waals surface area contributed by atoms with Crippen molar-refractivity contribution >= 4 is 30.7 Å². The fraction of sp³-hybridized carbons (Fsp3) is 0.364. The lowest BCUT2D eigenvalue weighted by atomic mass is 10.2. The number of rotatable bonds is 10. The molecule has 1 aromatic heterocycles. The van der Waals surface area contributed by atoms with E-state index in [0.29, 0.717) is 24.5 Å². The van der Waals surface area contributed by atoms with Gasteiger partial charge in [0.2, 0.25) is 5.91 Å². The van der Waals surface area contributed by atoms with Crippen LogP contribution in [0.5, 0.6) is 17.5 Å². The number of benzene rings is 2. The molecule has 0 atom stereocenters. The summed E-state index contributed by atoms with van der Waals surface area (Å²) in [6.45, 7) is 3.26. The minimum absolute atomic E-state index is 0. The quantitative estimate of drug-likeness (QED) is 0.431. The number of para-hydroxylation sites is 1. The Labute approximate surface area is 205 Å². The van der Waals surface area contributed by atoms with Crippen molar-refractivity contribution in [2.45, 2.75) is 25.8 Å². The van der Waals surface area contributed by atoms with Gasteiger partial charge in [-0.2, -0.15) is 4.68 Å². The van der Waals surface area contributed by atoms with Crippen LogP contribution < -0.4 is 14.8 Å². The second kappa shape index (κ2) is 13.0. The summed E-state index contributed by atoms with van der Waals surface area (Å²) in [5.41, 5.74) is 1.88. The van der Waals surface area contributed by atoms with Crippen molar-refractivity contribution in [3.8, 4) is 23.2 Å². The number of amides is 1. The van der Waals surface area contributed by atoms with Crippen LogP contribution in [0, 0.1) is 0 Å². The number of aromatic nitrogens is 4. The van der Waals surface area contributed by atoms with Crippen LogP contribution in [0.4, 0.5) is 0 Å². The van der Waals surface area contributed by atoms with Gasteiger partial charge in [-0.05, 0) is 59.6 Å². The molecule has 11 heteroatoms. The predicted octanol–water partition coefficient (Wildman–Crippen LogP) is 3.41. The summed E-state index contributed by atoms with van der Waals surface area (Å²) in [5, 5.41) is 15.1. The molecular weight excluding hydrogens is 467 g/mol. The van der Waals surface area contributed by atoms with E-state index in [0.717, 1.165) is 43.7 Å². The minimum Gasteiger partial charge on any atom is -0.493 e. The lowest BCUT2D eigenvalue weighted by molar-refractivity contribution is -0.127. The van der Waals surface area contributed by atoms with Gasteiger partial charge in [-0.1, -0.05) is 29.4 Å². The topological polar surface area (TPSA) is 94.4 Å². The molecular formula is C22H28Cl2N6O3. The first-order chi connectivity index (χ1) is 15.2. The van der Waals surface area contributed by atoms with E-state index in [1.807, 2.05) is 53.4 Å². The van der Waals surface area contributed by atoms with E-state index in [1.165, 1.54) is 4.68 Å². The van der Waals surface area contributed by atoms with Gasteiger partial charge in [0.25, 0.3) is 0 Å². The Morgan fingerprint density at radius 3 is 2.64 bits per heavy atom. The van der Waals surface area contributed by atoms with Crippen LogP contribution in [-0.4, -0.2) is 57.8 Å². The molecule has 3 aromatic rings. The van der Waals surface area contributed by atoms with E-state index in [-0.39, 0.29) is 36.7 Å². The summed E-state index contributed by atoms with van der Waals surface area (Å²) in [4.78, 5) is 13.6. The zero-order valence-corrected chi connectivity index (χ0v) is 20.0. The number of carbonyl (C=O) groups is 1. The largest absolute Gasteiger partial charge is 0.493 e. The van der Waals surface area contributed by atoms with E-state index < -0.39 is 0 Å². The summed E-state index contributed by atoms with van der Waals surface area (Å²) in [7, 11) is 1.60. The Morgan fingerprint density at radius 1 is 1.09 bits per heavy atom. The third-order valence-electron chi connectivity index (χ3n) is 5.15. The number of tetrazole rings is 1. The van der Waals surface area contributed by atoms with Crippen molar-refractivity contribution in [2.24, 2.45) is 0 Å². The molecule has 1 aliphatic heterocycles. The van der Waals surface area contributed by atoms with E-state index in [1.54, 1.807) is 7.11 Å². The number of nitrogens with zero attached hydrogens (tertiary/aromatic N) is 5. The smallest absolute Gasteiger partial charge is 0.346 e. The van der Waals surface area contributed by atoms with Gasteiger partial charge in [-0.3, -0.25) is 4.79 Å². The van der Waals surface area contributed by atoms with E-state index >= 15 is 0 Å². The summed E-state index contributed by atoms with van der Waals surface area (Å²) < 4.78 is 13.0. The lowest BCUT2D eigenvalue weighted by Gasteiger charge is -2.15. The molecule has 33 heavy (non-hydrogen) atoms. The van der Waals surface area contributed by atoms with Gasteiger partial charge in [0.05, 0.1) is 12.8 Å². The predicted molar refractivity (Wildman–Crippen MR) is 129 cm³/mol. The number of carbonyl (C=O) groups excluding carboxylic acids is 1. The first kappa shape index (κ1) is 26.4. The Balaban J connectivity index is 0.00000193. The van der Waals surface area contributed by atoms with Crippen molar-refractivity contribution in [2.75, 3.05) is 26.7 Å². The Morgan fingerprint density at radius 2 is 1.91 bits per heavy atom. The molecule has 178 valence electrons. The van der Waals surface area contributed by atoms with Crippen LogP contribution in [0.1, 0.15) is 24.8 Å². The Hall–Kier alpha value is -2.88. The first-order valence-corrected chi connectivity index (χ1v) is 10.4. The van der Waals surface area contributed by atoms with Crippen molar-refractivity contribution in [3.63, 3.8) is 0 Å². The number of ether oxygens (including phenoxy) is 2. The van der Waals surface area contributed by atoms with Crippen LogP contribution in [0.3, 0.4) is 0 Å². The highest BCUT2D eigenvalue weighted by molar-refractivity contribution is 5.85. The number of methoxy groups -OCH3 is 1. The van der Waals surface area contributed by atoms with Crippen molar-refractivity contribution in [1.82, 2.24) is 30.4 Å². The molecule has 1 amide bonds. The fourth-order valence-corrected chi connectivity index (χ4v) is 3.55. The number of hydrogen-bond donors (Lipinski definition) is 1. The minimum atomic E-state index is 0. The maximum Gasteiger partial charge on any atom is 0.346 e. The van der Waals surface area contributed by atoms with Gasteiger partial charge in [-0.15, -0.1) is 24.8 Å². The molecule has 0 aliphatic carbocycles. The molecule has 4 rings (SSSR count). The molecule has 1 saturated heterocycles. The zero-order valence-electron chi connectivity index (χ0n) is 18.3. The number of halogens is 2. The maximum absolute atomic E-state index is 11.6. The molecule has 9 nitrogen and oxygen atoms in total. The van der Waals surface area contributed by atoms with Crippen molar-refractivity contribution in [1.29, 1.82) is 0 Å². The highest BCUT2D eigenvalue weighted by Gasteiger charge is 2.19. The molecule has 0 bridgehead atoms. The molecule has 0 unspecified atom stereocenters. The lowest BCUT2D eigenvalue weighted by Crippen LogP contribution is -2.28. The molecule has 1 aliphatic rings. The van der Waals surface area contributed by atoms with Gasteiger partial charge >= 0.3 is 6.01 Å². The zero-order chi connectivity index (χ0) is 21.5. The average Bonchev–Trinajstić information content (AvgIpc) is 3.43. The monoisotopic (exact) mass is 494 g/mol. The maximum atomic E-state index is 11.6. The van der Waals surface area contributed by atoms with Crippen LogP contribution in [0.25, 0.3) is 5.69 Å². The van der Waals surface area contributed by atoms with E-state index in [2.05, 4.69) is 20.8 Å². The molecule has 0 saturated carbocycles. The van der Waals surface area contributed by atoms with Gasteiger partial charge in [0.15, 0.2) is 11.5 Å².